The van der Waals surface area contributed by atoms with Gasteiger partial charge < -0.3 is 9.47 Å². The second kappa shape index (κ2) is 5.85. The minimum Gasteiger partial charge on any atom is -0.465 e. The molecule has 0 heterocycles. The molecule has 0 atom stereocenters. The summed E-state index contributed by atoms with van der Waals surface area (Å²) in [6, 6.07) is 2.06. The van der Waals surface area contributed by atoms with Gasteiger partial charge in [-0.3, -0.25) is 5.32 Å². The molecule has 0 aromatic heterocycles. The maximum Gasteiger partial charge on any atom is 0.412 e. The highest BCUT2D eigenvalue weighted by atomic mass is 19.2. The van der Waals surface area contributed by atoms with Crippen LogP contribution in [0.4, 0.5) is 19.3 Å². The van der Waals surface area contributed by atoms with Crippen molar-refractivity contribution in [3.63, 3.8) is 0 Å². The van der Waals surface area contributed by atoms with Gasteiger partial charge in [-0.2, -0.15) is 0 Å². The Morgan fingerprint density at radius 3 is 2.25 bits per heavy atom. The molecular formula is C13H15F2NO4. The van der Waals surface area contributed by atoms with E-state index in [-0.39, 0.29) is 0 Å². The summed E-state index contributed by atoms with van der Waals surface area (Å²) < 4.78 is 36.5. The van der Waals surface area contributed by atoms with E-state index in [1.807, 2.05) is 0 Å². The molecule has 0 saturated heterocycles. The third-order valence-corrected chi connectivity index (χ3v) is 2.12. The molecule has 1 aromatic carbocycles. The normalized spacial score (nSPS) is 10.9. The van der Waals surface area contributed by atoms with Crippen molar-refractivity contribution in [1.82, 2.24) is 0 Å². The van der Waals surface area contributed by atoms with E-state index >= 15 is 0 Å². The number of anilines is 1. The van der Waals surface area contributed by atoms with E-state index in [9.17, 15) is 18.4 Å². The molecule has 0 radical (unpaired) electrons. The molecule has 1 aromatic rings. The number of ether oxygens (including phenoxy) is 2. The fourth-order valence-electron chi connectivity index (χ4n) is 1.33. The quantitative estimate of drug-likeness (QED) is 0.849. The lowest BCUT2D eigenvalue weighted by molar-refractivity contribution is 0.0593. The van der Waals surface area contributed by atoms with Gasteiger partial charge in [-0.25, -0.2) is 18.4 Å². The van der Waals surface area contributed by atoms with Gasteiger partial charge in [0, 0.05) is 0 Å². The molecule has 1 rings (SSSR count). The van der Waals surface area contributed by atoms with Crippen LogP contribution in [0.3, 0.4) is 0 Å². The molecule has 0 saturated carbocycles. The molecule has 5 nitrogen and oxygen atoms in total. The Hall–Kier alpha value is -2.18. The number of benzene rings is 1. The number of hydrogen-bond donors (Lipinski definition) is 1. The van der Waals surface area contributed by atoms with Crippen molar-refractivity contribution < 1.29 is 27.8 Å². The molecule has 0 aliphatic heterocycles. The fraction of sp³-hybridized carbons (Fsp3) is 0.385. The van der Waals surface area contributed by atoms with E-state index in [2.05, 4.69) is 10.1 Å². The molecule has 0 bridgehead atoms. The van der Waals surface area contributed by atoms with Crippen LogP contribution in [0, 0.1) is 11.6 Å². The van der Waals surface area contributed by atoms with Crippen molar-refractivity contribution in [1.29, 1.82) is 0 Å². The van der Waals surface area contributed by atoms with Crippen LogP contribution in [-0.4, -0.2) is 24.8 Å². The first-order valence-electron chi connectivity index (χ1n) is 5.72. The predicted octanol–water partition coefficient (Wildman–Crippen LogP) is 3.10. The van der Waals surface area contributed by atoms with Gasteiger partial charge in [-0.1, -0.05) is 0 Å². The minimum atomic E-state index is -1.40. The second-order valence-corrected chi connectivity index (χ2v) is 4.91. The van der Waals surface area contributed by atoms with Gasteiger partial charge >= 0.3 is 12.1 Å². The van der Waals surface area contributed by atoms with Gasteiger partial charge in [0.25, 0.3) is 0 Å². The highest BCUT2D eigenvalue weighted by Crippen LogP contribution is 2.22. The maximum atomic E-state index is 13.7. The molecule has 1 N–H and O–H groups in total. The summed E-state index contributed by atoms with van der Waals surface area (Å²) in [6.07, 6.45) is -0.929. The van der Waals surface area contributed by atoms with Crippen LogP contribution in [0.1, 0.15) is 31.1 Å². The summed E-state index contributed by atoms with van der Waals surface area (Å²) in [5, 5.41) is 2.06. The summed E-state index contributed by atoms with van der Waals surface area (Å²) in [4.78, 5) is 22.6. The van der Waals surface area contributed by atoms with Crippen LogP contribution in [0.15, 0.2) is 12.1 Å². The number of esters is 1. The van der Waals surface area contributed by atoms with Crippen LogP contribution in [0.2, 0.25) is 0 Å². The van der Waals surface area contributed by atoms with Gasteiger partial charge in [-0.05, 0) is 32.9 Å². The van der Waals surface area contributed by atoms with Gasteiger partial charge in [0.1, 0.15) is 5.60 Å². The predicted molar refractivity (Wildman–Crippen MR) is 67.6 cm³/mol. The van der Waals surface area contributed by atoms with Crippen molar-refractivity contribution in [2.75, 3.05) is 12.4 Å². The Kier molecular flexibility index (Phi) is 4.65. The number of rotatable bonds is 2. The topological polar surface area (TPSA) is 64.6 Å². The summed E-state index contributed by atoms with van der Waals surface area (Å²) in [5.41, 5.74) is -1.76. The van der Waals surface area contributed by atoms with Crippen LogP contribution >= 0.6 is 0 Å². The maximum absolute atomic E-state index is 13.7. The standard InChI is InChI=1S/C13H15F2NO4/c1-13(2,3)20-12(18)16-8-6-5-7(11(17)19-4)9(14)10(8)15/h5-6H,1-4H3,(H,16,18). The fourth-order valence-corrected chi connectivity index (χ4v) is 1.33. The number of halogens is 2. The lowest BCUT2D eigenvalue weighted by Gasteiger charge is -2.19. The Bertz CT molecular complexity index is 538. The average Bonchev–Trinajstić information content (AvgIpc) is 2.32. The summed E-state index contributed by atoms with van der Waals surface area (Å²) in [7, 11) is 1.05. The number of hydrogen-bond acceptors (Lipinski definition) is 4. The summed E-state index contributed by atoms with van der Waals surface area (Å²) in [5.74, 6) is -3.77. The van der Waals surface area contributed by atoms with Gasteiger partial charge in [0.2, 0.25) is 0 Å². The molecular weight excluding hydrogens is 272 g/mol. The minimum absolute atomic E-state index is 0.426. The molecule has 0 aliphatic carbocycles. The zero-order valence-electron chi connectivity index (χ0n) is 11.5. The van der Waals surface area contributed by atoms with Crippen molar-refractivity contribution >= 4 is 17.7 Å². The molecule has 110 valence electrons. The van der Waals surface area contributed by atoms with E-state index in [1.54, 1.807) is 20.8 Å². The van der Waals surface area contributed by atoms with E-state index < -0.39 is 40.5 Å². The van der Waals surface area contributed by atoms with Crippen LogP contribution in [-0.2, 0) is 9.47 Å². The highest BCUT2D eigenvalue weighted by molar-refractivity contribution is 5.91. The lowest BCUT2D eigenvalue weighted by Crippen LogP contribution is -2.27. The molecule has 0 fully saturated rings. The Morgan fingerprint density at radius 1 is 1.15 bits per heavy atom. The smallest absolute Gasteiger partial charge is 0.412 e. The van der Waals surface area contributed by atoms with Crippen molar-refractivity contribution in [2.24, 2.45) is 0 Å². The molecule has 0 unspecified atom stereocenters. The molecule has 1 amide bonds. The van der Waals surface area contributed by atoms with E-state index in [1.165, 1.54) is 0 Å². The van der Waals surface area contributed by atoms with Gasteiger partial charge in [-0.15, -0.1) is 0 Å². The SMILES string of the molecule is COC(=O)c1ccc(NC(=O)OC(C)(C)C)c(F)c1F. The number of methoxy groups -OCH3 is 1. The second-order valence-electron chi connectivity index (χ2n) is 4.91. The first-order valence-corrected chi connectivity index (χ1v) is 5.72. The Balaban J connectivity index is 2.97. The number of nitrogens with one attached hydrogen (secondary N) is 1. The van der Waals surface area contributed by atoms with Crippen LogP contribution in [0.25, 0.3) is 0 Å². The van der Waals surface area contributed by atoms with Crippen molar-refractivity contribution in [3.05, 3.63) is 29.3 Å². The Labute approximate surface area is 114 Å². The van der Waals surface area contributed by atoms with Crippen LogP contribution in [0.5, 0.6) is 0 Å². The first kappa shape index (κ1) is 15.9. The number of carbonyl (C=O) groups excluding carboxylic acids is 2. The highest BCUT2D eigenvalue weighted by Gasteiger charge is 2.22. The van der Waals surface area contributed by atoms with Gasteiger partial charge in [0.05, 0.1) is 18.4 Å². The third kappa shape index (κ3) is 3.91. The van der Waals surface area contributed by atoms with E-state index in [4.69, 9.17) is 4.74 Å². The number of amides is 1. The largest absolute Gasteiger partial charge is 0.465 e. The van der Waals surface area contributed by atoms with Crippen molar-refractivity contribution in [3.8, 4) is 0 Å². The van der Waals surface area contributed by atoms with Crippen LogP contribution < -0.4 is 5.32 Å². The third-order valence-electron chi connectivity index (χ3n) is 2.12. The molecule has 0 spiro atoms. The zero-order valence-corrected chi connectivity index (χ0v) is 11.5. The summed E-state index contributed by atoms with van der Waals surface area (Å²) in [6.45, 7) is 4.89. The van der Waals surface area contributed by atoms with E-state index in [0.29, 0.717) is 0 Å². The van der Waals surface area contributed by atoms with Crippen molar-refractivity contribution in [2.45, 2.75) is 26.4 Å². The molecule has 20 heavy (non-hydrogen) atoms. The zero-order chi connectivity index (χ0) is 15.5. The molecule has 0 aliphatic rings. The monoisotopic (exact) mass is 287 g/mol. The molecule has 7 heteroatoms. The van der Waals surface area contributed by atoms with Gasteiger partial charge in [0.15, 0.2) is 11.6 Å². The Morgan fingerprint density at radius 2 is 1.75 bits per heavy atom. The first-order chi connectivity index (χ1) is 9.15. The summed E-state index contributed by atoms with van der Waals surface area (Å²) >= 11 is 0. The average molecular weight is 287 g/mol. The lowest BCUT2D eigenvalue weighted by atomic mass is 10.2. The van der Waals surface area contributed by atoms with E-state index in [0.717, 1.165) is 19.2 Å². The number of carbonyl (C=O) groups is 2.